The molecule has 1 unspecified atom stereocenters. The van der Waals surface area contributed by atoms with E-state index in [2.05, 4.69) is 53.6 Å². The molecule has 7 rings (SSSR count). The van der Waals surface area contributed by atoms with Crippen molar-refractivity contribution in [3.05, 3.63) is 54.4 Å². The van der Waals surface area contributed by atoms with Crippen molar-refractivity contribution in [1.29, 1.82) is 5.26 Å². The van der Waals surface area contributed by atoms with Crippen LogP contribution in [0.15, 0.2) is 48.8 Å². The summed E-state index contributed by atoms with van der Waals surface area (Å²) in [4.78, 5) is 31.8. The third kappa shape index (κ3) is 7.01. The number of hydrogen-bond acceptors (Lipinski definition) is 11. The van der Waals surface area contributed by atoms with E-state index in [1.54, 1.807) is 18.2 Å². The highest BCUT2D eigenvalue weighted by Crippen LogP contribution is 2.31. The number of amides is 1. The molecular weight excluding hydrogens is 627 g/mol. The number of piperazine rings is 1. The lowest BCUT2D eigenvalue weighted by Crippen LogP contribution is -2.56. The lowest BCUT2D eigenvalue weighted by Gasteiger charge is -2.43. The lowest BCUT2D eigenvalue weighted by atomic mass is 10.0. The minimum atomic E-state index is -2.95. The second-order valence-electron chi connectivity index (χ2n) is 12.6. The third-order valence-electron chi connectivity index (χ3n) is 9.35. The molecule has 15 heteroatoms. The summed E-state index contributed by atoms with van der Waals surface area (Å²) in [6.45, 7) is 4.95. The van der Waals surface area contributed by atoms with Crippen molar-refractivity contribution < 1.29 is 27.4 Å². The van der Waals surface area contributed by atoms with Gasteiger partial charge in [-0.2, -0.15) is 10.2 Å². The molecule has 4 saturated heterocycles. The van der Waals surface area contributed by atoms with Gasteiger partial charge >= 0.3 is 0 Å². The van der Waals surface area contributed by atoms with Crippen LogP contribution in [-0.4, -0.2) is 120 Å². The van der Waals surface area contributed by atoms with Crippen LogP contribution in [-0.2, 0) is 9.53 Å². The van der Waals surface area contributed by atoms with E-state index in [1.165, 1.54) is 11.2 Å². The Balaban J connectivity index is 0.951. The number of nitriles is 1. The predicted octanol–water partition coefficient (Wildman–Crippen LogP) is 2.99. The molecule has 4 aliphatic heterocycles. The molecule has 3 aromatic rings. The molecule has 4 fully saturated rings. The predicted molar refractivity (Wildman–Crippen MR) is 170 cm³/mol. The van der Waals surface area contributed by atoms with E-state index in [4.69, 9.17) is 9.47 Å². The molecule has 0 spiro atoms. The fraction of sp³-hybridized carbons (Fsp3) is 0.485. The van der Waals surface area contributed by atoms with E-state index >= 15 is 4.39 Å². The van der Waals surface area contributed by atoms with Crippen LogP contribution < -0.4 is 20.3 Å². The highest BCUT2D eigenvalue weighted by molar-refractivity contribution is 5.82. The number of benzene rings is 2. The van der Waals surface area contributed by atoms with Gasteiger partial charge in [-0.15, -0.1) is 0 Å². The molecule has 48 heavy (non-hydrogen) atoms. The van der Waals surface area contributed by atoms with E-state index < -0.39 is 43.1 Å². The quantitative estimate of drug-likeness (QED) is 0.369. The highest BCUT2D eigenvalue weighted by Gasteiger charge is 2.45. The Hall–Kier alpha value is -4.52. The van der Waals surface area contributed by atoms with Crippen molar-refractivity contribution in [2.75, 3.05) is 69.2 Å². The SMILES string of the molecule is N#Cc1cc(-c2ncnc(Nc3ccc(N4CCN(C5COC5)CC4)cc3)n2)ccc1O[C@H]1CCN(C(=O)C2CC(F)(F)CN2)C[C@H]1F. The molecule has 12 nitrogen and oxygen atoms in total. The van der Waals surface area contributed by atoms with Crippen molar-refractivity contribution in [3.63, 3.8) is 0 Å². The number of anilines is 3. The van der Waals surface area contributed by atoms with Gasteiger partial charge in [-0.05, 0) is 42.5 Å². The molecule has 0 bridgehead atoms. The van der Waals surface area contributed by atoms with Crippen LogP contribution in [0.1, 0.15) is 18.4 Å². The number of rotatable bonds is 8. The summed E-state index contributed by atoms with van der Waals surface area (Å²) >= 11 is 0. The van der Waals surface area contributed by atoms with Gasteiger partial charge in [0.15, 0.2) is 12.0 Å². The summed E-state index contributed by atoms with van der Waals surface area (Å²) in [5.74, 6) is -2.63. The molecule has 5 heterocycles. The second kappa shape index (κ2) is 13.5. The third-order valence-corrected chi connectivity index (χ3v) is 9.35. The average Bonchev–Trinajstić information content (AvgIpc) is 3.45. The smallest absolute Gasteiger partial charge is 0.262 e. The highest BCUT2D eigenvalue weighted by atomic mass is 19.3. The van der Waals surface area contributed by atoms with Crippen molar-refractivity contribution in [2.24, 2.45) is 0 Å². The fourth-order valence-electron chi connectivity index (χ4n) is 6.51. The zero-order chi connectivity index (χ0) is 33.3. The number of alkyl halides is 3. The molecule has 2 aromatic carbocycles. The van der Waals surface area contributed by atoms with E-state index in [9.17, 15) is 18.8 Å². The maximum absolute atomic E-state index is 15.1. The topological polar surface area (TPSA) is 132 Å². The number of carbonyl (C=O) groups is 1. The number of hydrogen-bond donors (Lipinski definition) is 2. The Morgan fingerprint density at radius 3 is 2.54 bits per heavy atom. The first-order chi connectivity index (χ1) is 23.2. The summed E-state index contributed by atoms with van der Waals surface area (Å²) in [7, 11) is 0. The lowest BCUT2D eigenvalue weighted by molar-refractivity contribution is -0.137. The molecule has 4 aliphatic rings. The first-order valence-corrected chi connectivity index (χ1v) is 16.1. The Morgan fingerprint density at radius 2 is 1.88 bits per heavy atom. The van der Waals surface area contributed by atoms with E-state index in [-0.39, 0.29) is 30.8 Å². The molecular formula is C33H36F3N9O3. The number of halogens is 3. The van der Waals surface area contributed by atoms with Crippen LogP contribution >= 0.6 is 0 Å². The van der Waals surface area contributed by atoms with Crippen LogP contribution in [0.5, 0.6) is 5.75 Å². The number of aromatic nitrogens is 3. The molecule has 3 atom stereocenters. The van der Waals surface area contributed by atoms with Gasteiger partial charge in [-0.1, -0.05) is 0 Å². The first-order valence-electron chi connectivity index (χ1n) is 16.1. The molecule has 1 amide bonds. The van der Waals surface area contributed by atoms with Crippen molar-refractivity contribution in [1.82, 2.24) is 30.1 Å². The van der Waals surface area contributed by atoms with Crippen molar-refractivity contribution >= 4 is 23.2 Å². The molecule has 252 valence electrons. The van der Waals surface area contributed by atoms with Gasteiger partial charge in [0.05, 0.1) is 44.0 Å². The van der Waals surface area contributed by atoms with Gasteiger partial charge in [-0.3, -0.25) is 15.0 Å². The Bertz CT molecular complexity index is 1660. The first kappa shape index (κ1) is 32.0. The van der Waals surface area contributed by atoms with Crippen LogP contribution in [0, 0.1) is 11.3 Å². The second-order valence-corrected chi connectivity index (χ2v) is 12.6. The van der Waals surface area contributed by atoms with E-state index in [0.29, 0.717) is 23.4 Å². The van der Waals surface area contributed by atoms with Gasteiger partial charge in [-0.25, -0.2) is 23.1 Å². The summed E-state index contributed by atoms with van der Waals surface area (Å²) < 4.78 is 53.5. The zero-order valence-electron chi connectivity index (χ0n) is 26.2. The standard InChI is InChI=1S/C33H36F3N9O3/c34-26-16-45(31(46)27-14-33(35,36)19-38-27)8-7-29(26)48-28-6-1-21(13-22(28)15-37)30-39-20-40-32(42-30)41-23-2-4-24(5-3-23)43-9-11-44(12-10-43)25-17-47-18-25/h1-6,13,20,25-27,29,38H,7-12,14,16-19H2,(H,39,40,41,42)/t26-,27?,29+/m1/s1. The van der Waals surface area contributed by atoms with Gasteiger partial charge in [0.2, 0.25) is 11.9 Å². The fourth-order valence-corrected chi connectivity index (χ4v) is 6.51. The van der Waals surface area contributed by atoms with Crippen LogP contribution in [0.4, 0.5) is 30.5 Å². The molecule has 0 aliphatic carbocycles. The average molecular weight is 664 g/mol. The van der Waals surface area contributed by atoms with Crippen LogP contribution in [0.25, 0.3) is 11.4 Å². The van der Waals surface area contributed by atoms with E-state index in [0.717, 1.165) is 50.8 Å². The Labute approximate surface area is 275 Å². The van der Waals surface area contributed by atoms with Crippen LogP contribution in [0.3, 0.4) is 0 Å². The number of nitrogens with one attached hydrogen (secondary N) is 2. The van der Waals surface area contributed by atoms with Gasteiger partial charge in [0, 0.05) is 62.5 Å². The van der Waals surface area contributed by atoms with Gasteiger partial charge in [0.25, 0.3) is 5.92 Å². The maximum atomic E-state index is 15.1. The maximum Gasteiger partial charge on any atom is 0.262 e. The molecule has 0 saturated carbocycles. The van der Waals surface area contributed by atoms with Gasteiger partial charge < -0.3 is 24.6 Å². The summed E-state index contributed by atoms with van der Waals surface area (Å²) in [5, 5.41) is 15.6. The normalized spacial score (nSPS) is 24.5. The number of carbonyl (C=O) groups excluding carboxylic acids is 1. The number of piperidine rings is 1. The molecule has 2 N–H and O–H groups in total. The van der Waals surface area contributed by atoms with E-state index in [1.807, 2.05) is 12.1 Å². The summed E-state index contributed by atoms with van der Waals surface area (Å²) in [6.07, 6.45) is -1.53. The minimum Gasteiger partial charge on any atom is -0.486 e. The number of likely N-dealkylation sites (tertiary alicyclic amines) is 1. The summed E-state index contributed by atoms with van der Waals surface area (Å²) in [6, 6.07) is 14.5. The number of ether oxygens (including phenoxy) is 2. The Morgan fingerprint density at radius 1 is 1.08 bits per heavy atom. The van der Waals surface area contributed by atoms with Gasteiger partial charge in [0.1, 0.15) is 24.3 Å². The molecule has 1 aromatic heterocycles. The Kier molecular flexibility index (Phi) is 9.04. The largest absolute Gasteiger partial charge is 0.486 e. The van der Waals surface area contributed by atoms with Crippen LogP contribution in [0.2, 0.25) is 0 Å². The minimum absolute atomic E-state index is 0.152. The molecule has 0 radical (unpaired) electrons. The van der Waals surface area contributed by atoms with Crippen molar-refractivity contribution in [2.45, 2.75) is 43.1 Å². The zero-order valence-corrected chi connectivity index (χ0v) is 26.2. The number of nitrogens with zero attached hydrogens (tertiary/aromatic N) is 7. The monoisotopic (exact) mass is 663 g/mol. The van der Waals surface area contributed by atoms with Crippen molar-refractivity contribution in [3.8, 4) is 23.2 Å². The summed E-state index contributed by atoms with van der Waals surface area (Å²) in [5.41, 5.74) is 2.68.